The van der Waals surface area contributed by atoms with Crippen LogP contribution in [-0.2, 0) is 13.2 Å². The van der Waals surface area contributed by atoms with Gasteiger partial charge in [-0.15, -0.1) is 0 Å². The van der Waals surface area contributed by atoms with Crippen LogP contribution in [0.2, 0.25) is 5.02 Å². The Morgan fingerprint density at radius 2 is 1.76 bits per heavy atom. The summed E-state index contributed by atoms with van der Waals surface area (Å²) >= 11 is 6.27. The van der Waals surface area contributed by atoms with E-state index >= 15 is 0 Å². The maximum absolute atomic E-state index is 9.01. The van der Waals surface area contributed by atoms with E-state index in [-0.39, 0.29) is 6.61 Å². The third-order valence-electron chi connectivity index (χ3n) is 3.07. The van der Waals surface area contributed by atoms with Gasteiger partial charge in [0.25, 0.3) is 0 Å². The average molecular weight is 306 g/mol. The molecule has 0 saturated carbocycles. The third kappa shape index (κ3) is 4.74. The molecule has 2 aromatic rings. The molecule has 0 unspecified atom stereocenters. The molecule has 0 spiro atoms. The highest BCUT2D eigenvalue weighted by Crippen LogP contribution is 2.27. The number of hydrogen-bond donors (Lipinski definition) is 2. The van der Waals surface area contributed by atoms with Gasteiger partial charge in [0, 0.05) is 17.6 Å². The lowest BCUT2D eigenvalue weighted by Crippen LogP contribution is -2.21. The van der Waals surface area contributed by atoms with Gasteiger partial charge in [-0.25, -0.2) is 0 Å². The smallest absolute Gasteiger partial charge is 0.128 e. The summed E-state index contributed by atoms with van der Waals surface area (Å²) < 4.78 is 5.75. The third-order valence-corrected chi connectivity index (χ3v) is 3.42. The SMILES string of the molecule is CC(C)NCc1ccc(Oc2ccc(CO)cc2)cc1Cl. The van der Waals surface area contributed by atoms with Crippen LogP contribution >= 0.6 is 11.6 Å². The van der Waals surface area contributed by atoms with Gasteiger partial charge in [-0.3, -0.25) is 0 Å². The minimum Gasteiger partial charge on any atom is -0.457 e. The van der Waals surface area contributed by atoms with Gasteiger partial charge in [-0.2, -0.15) is 0 Å². The van der Waals surface area contributed by atoms with Crippen LogP contribution in [0.15, 0.2) is 42.5 Å². The van der Waals surface area contributed by atoms with Crippen LogP contribution < -0.4 is 10.1 Å². The van der Waals surface area contributed by atoms with Crippen LogP contribution in [0.4, 0.5) is 0 Å². The number of aliphatic hydroxyl groups is 1. The van der Waals surface area contributed by atoms with Gasteiger partial charge in [0.05, 0.1) is 6.61 Å². The Kier molecular flexibility index (Phi) is 5.62. The molecule has 0 heterocycles. The van der Waals surface area contributed by atoms with Crippen LogP contribution in [0.25, 0.3) is 0 Å². The van der Waals surface area contributed by atoms with E-state index in [1.165, 1.54) is 0 Å². The Bertz CT molecular complexity index is 582. The Morgan fingerprint density at radius 1 is 1.10 bits per heavy atom. The molecule has 0 aliphatic carbocycles. The topological polar surface area (TPSA) is 41.5 Å². The van der Waals surface area contributed by atoms with E-state index in [0.29, 0.717) is 16.8 Å². The zero-order valence-electron chi connectivity index (χ0n) is 12.3. The number of hydrogen-bond acceptors (Lipinski definition) is 3. The van der Waals surface area contributed by atoms with Gasteiger partial charge in [-0.1, -0.05) is 43.6 Å². The first-order valence-electron chi connectivity index (χ1n) is 6.98. The van der Waals surface area contributed by atoms with Crippen LogP contribution in [0.3, 0.4) is 0 Å². The monoisotopic (exact) mass is 305 g/mol. The van der Waals surface area contributed by atoms with E-state index in [1.54, 1.807) is 0 Å². The fourth-order valence-electron chi connectivity index (χ4n) is 1.85. The fourth-order valence-corrected chi connectivity index (χ4v) is 2.09. The number of ether oxygens (including phenoxy) is 1. The summed E-state index contributed by atoms with van der Waals surface area (Å²) in [5.74, 6) is 1.42. The van der Waals surface area contributed by atoms with Gasteiger partial charge >= 0.3 is 0 Å². The summed E-state index contributed by atoms with van der Waals surface area (Å²) in [5, 5.41) is 13.0. The Morgan fingerprint density at radius 3 is 2.33 bits per heavy atom. The molecule has 0 saturated heterocycles. The highest BCUT2D eigenvalue weighted by Gasteiger charge is 2.05. The van der Waals surface area contributed by atoms with Crippen molar-refractivity contribution in [3.05, 3.63) is 58.6 Å². The summed E-state index contributed by atoms with van der Waals surface area (Å²) in [5.41, 5.74) is 1.91. The fraction of sp³-hybridized carbons (Fsp3) is 0.294. The molecule has 0 radical (unpaired) electrons. The number of rotatable bonds is 6. The predicted octanol–water partition coefficient (Wildman–Crippen LogP) is 4.12. The van der Waals surface area contributed by atoms with E-state index in [4.69, 9.17) is 21.4 Å². The first-order chi connectivity index (χ1) is 10.1. The molecule has 0 fully saturated rings. The maximum atomic E-state index is 9.01. The van der Waals surface area contributed by atoms with Crippen LogP contribution in [-0.4, -0.2) is 11.1 Å². The molecular weight excluding hydrogens is 286 g/mol. The van der Waals surface area contributed by atoms with Crippen molar-refractivity contribution in [1.82, 2.24) is 5.32 Å². The lowest BCUT2D eigenvalue weighted by molar-refractivity contribution is 0.281. The molecule has 0 aliphatic rings. The molecule has 0 aromatic heterocycles. The Balaban J connectivity index is 2.05. The van der Waals surface area contributed by atoms with Crippen molar-refractivity contribution in [1.29, 1.82) is 0 Å². The van der Waals surface area contributed by atoms with E-state index in [1.807, 2.05) is 42.5 Å². The molecule has 2 aromatic carbocycles. The normalized spacial score (nSPS) is 10.9. The van der Waals surface area contributed by atoms with Crippen molar-refractivity contribution in [2.45, 2.75) is 33.0 Å². The van der Waals surface area contributed by atoms with Gasteiger partial charge < -0.3 is 15.2 Å². The van der Waals surface area contributed by atoms with Crippen molar-refractivity contribution in [3.63, 3.8) is 0 Å². The van der Waals surface area contributed by atoms with Crippen LogP contribution in [0, 0.1) is 0 Å². The molecule has 21 heavy (non-hydrogen) atoms. The molecule has 0 atom stereocenters. The van der Waals surface area contributed by atoms with Gasteiger partial charge in [0.2, 0.25) is 0 Å². The van der Waals surface area contributed by atoms with Crippen LogP contribution in [0.5, 0.6) is 11.5 Å². The highest BCUT2D eigenvalue weighted by molar-refractivity contribution is 6.31. The molecular formula is C17H20ClNO2. The summed E-state index contributed by atoms with van der Waals surface area (Å²) in [6.45, 7) is 4.97. The zero-order valence-corrected chi connectivity index (χ0v) is 13.0. The lowest BCUT2D eigenvalue weighted by atomic mass is 10.2. The molecule has 3 nitrogen and oxygen atoms in total. The summed E-state index contributed by atoms with van der Waals surface area (Å²) in [4.78, 5) is 0. The highest BCUT2D eigenvalue weighted by atomic mass is 35.5. The molecule has 0 amide bonds. The number of halogens is 1. The largest absolute Gasteiger partial charge is 0.457 e. The van der Waals surface area contributed by atoms with Crippen LogP contribution in [0.1, 0.15) is 25.0 Å². The molecule has 112 valence electrons. The second-order valence-electron chi connectivity index (χ2n) is 5.19. The zero-order chi connectivity index (χ0) is 15.2. The maximum Gasteiger partial charge on any atom is 0.128 e. The van der Waals surface area contributed by atoms with Crippen molar-refractivity contribution in [3.8, 4) is 11.5 Å². The average Bonchev–Trinajstić information content (AvgIpc) is 2.47. The first-order valence-corrected chi connectivity index (χ1v) is 7.35. The predicted molar refractivity (Wildman–Crippen MR) is 85.9 cm³/mol. The quantitative estimate of drug-likeness (QED) is 0.843. The Labute approximate surface area is 130 Å². The lowest BCUT2D eigenvalue weighted by Gasteiger charge is -2.11. The molecule has 2 N–H and O–H groups in total. The van der Waals surface area contributed by atoms with Crippen molar-refractivity contribution >= 4 is 11.6 Å². The summed E-state index contributed by atoms with van der Waals surface area (Å²) in [6.07, 6.45) is 0. The van der Waals surface area contributed by atoms with E-state index in [2.05, 4.69) is 19.2 Å². The van der Waals surface area contributed by atoms with Gasteiger partial charge in [-0.05, 0) is 35.4 Å². The second kappa shape index (κ2) is 7.46. The van der Waals surface area contributed by atoms with E-state index < -0.39 is 0 Å². The molecule has 0 bridgehead atoms. The van der Waals surface area contributed by atoms with Crippen molar-refractivity contribution in [2.75, 3.05) is 0 Å². The molecule has 2 rings (SSSR count). The Hall–Kier alpha value is -1.55. The van der Waals surface area contributed by atoms with Crippen molar-refractivity contribution < 1.29 is 9.84 Å². The summed E-state index contributed by atoms with van der Waals surface area (Å²) in [6, 6.07) is 13.4. The number of aliphatic hydroxyl groups excluding tert-OH is 1. The minimum absolute atomic E-state index is 0.0314. The summed E-state index contributed by atoms with van der Waals surface area (Å²) in [7, 11) is 0. The molecule has 0 aliphatic heterocycles. The molecule has 4 heteroatoms. The standard InChI is InChI=1S/C17H20ClNO2/c1-12(2)19-10-14-5-8-16(9-17(14)18)21-15-6-3-13(11-20)4-7-15/h3-9,12,19-20H,10-11H2,1-2H3. The number of benzene rings is 2. The van der Waals surface area contributed by atoms with Gasteiger partial charge in [0.1, 0.15) is 11.5 Å². The van der Waals surface area contributed by atoms with E-state index in [9.17, 15) is 0 Å². The number of nitrogens with one attached hydrogen (secondary N) is 1. The van der Waals surface area contributed by atoms with Crippen molar-refractivity contribution in [2.24, 2.45) is 0 Å². The second-order valence-corrected chi connectivity index (χ2v) is 5.60. The first kappa shape index (κ1) is 15.8. The minimum atomic E-state index is 0.0314. The van der Waals surface area contributed by atoms with Gasteiger partial charge in [0.15, 0.2) is 0 Å². The van der Waals surface area contributed by atoms with E-state index in [0.717, 1.165) is 23.4 Å².